The minimum atomic E-state index is -0.919. The number of carboxylic acid groups (broad SMARTS) is 1. The van der Waals surface area contributed by atoms with E-state index in [9.17, 15) is 9.90 Å². The van der Waals surface area contributed by atoms with E-state index in [0.29, 0.717) is 15.5 Å². The normalized spacial score (nSPS) is 11.1. The molecule has 0 unspecified atom stereocenters. The van der Waals surface area contributed by atoms with Gasteiger partial charge in [0, 0.05) is 14.7 Å². The number of nitrogens with zero attached hydrogens (tertiary/aromatic N) is 2. The Kier molecular flexibility index (Phi) is 4.03. The summed E-state index contributed by atoms with van der Waals surface area (Å²) in [7, 11) is 0. The average Bonchev–Trinajstić information content (AvgIpc) is 3.17. The van der Waals surface area contributed by atoms with Crippen molar-refractivity contribution in [2.24, 2.45) is 0 Å². The molecule has 2 aromatic heterocycles. The van der Waals surface area contributed by atoms with Crippen LogP contribution in [0.3, 0.4) is 0 Å². The van der Waals surface area contributed by atoms with Crippen LogP contribution >= 0.6 is 39.5 Å². The molecule has 0 aliphatic heterocycles. The van der Waals surface area contributed by atoms with Crippen molar-refractivity contribution in [1.29, 1.82) is 0 Å². The molecule has 0 spiro atoms. The maximum absolute atomic E-state index is 11.2. The van der Waals surface area contributed by atoms with Gasteiger partial charge in [-0.1, -0.05) is 34.1 Å². The maximum Gasteiger partial charge on any atom is 0.345 e. The van der Waals surface area contributed by atoms with Crippen LogP contribution in [0.1, 0.15) is 9.67 Å². The van der Waals surface area contributed by atoms with Gasteiger partial charge in [0.05, 0.1) is 5.69 Å². The molecule has 0 saturated heterocycles. The van der Waals surface area contributed by atoms with E-state index in [2.05, 4.69) is 26.1 Å². The van der Waals surface area contributed by atoms with Gasteiger partial charge in [0.15, 0.2) is 10.6 Å². The van der Waals surface area contributed by atoms with Crippen LogP contribution in [0.25, 0.3) is 27.2 Å². The lowest BCUT2D eigenvalue weighted by molar-refractivity contribution is 0.0702. The molecule has 5 nitrogen and oxygen atoms in total. The monoisotopic (exact) mass is 431 g/mol. The zero-order chi connectivity index (χ0) is 17.6. The molecular formula is C17H10BrN3O2S2. The summed E-state index contributed by atoms with van der Waals surface area (Å²) in [6.45, 7) is 0. The van der Waals surface area contributed by atoms with Gasteiger partial charge in [0.1, 0.15) is 4.88 Å². The fraction of sp³-hybridized carbons (Fsp3) is 0. The number of benzene rings is 2. The van der Waals surface area contributed by atoms with Gasteiger partial charge < -0.3 is 5.11 Å². The number of hydrogen-bond donors (Lipinski definition) is 2. The predicted octanol–water partition coefficient (Wildman–Crippen LogP) is 5.27. The molecule has 124 valence electrons. The molecule has 2 heterocycles. The molecule has 0 aliphatic carbocycles. The molecule has 0 atom stereocenters. The van der Waals surface area contributed by atoms with Crippen molar-refractivity contribution < 1.29 is 9.90 Å². The summed E-state index contributed by atoms with van der Waals surface area (Å²) < 4.78 is 4.16. The molecule has 2 aromatic carbocycles. The second-order valence-corrected chi connectivity index (χ2v) is 7.72. The molecule has 0 radical (unpaired) electrons. The standard InChI is InChI=1S/C17H10BrN3O2S2/c18-11-3-1-2-10(6-11)15-19-20-17(24)21(15)12-5-4-9-7-14(16(22)23)25-13(9)8-12/h1-8H,(H,20,24)(H,22,23). The van der Waals surface area contributed by atoms with E-state index in [1.54, 1.807) is 6.07 Å². The van der Waals surface area contributed by atoms with E-state index in [-0.39, 0.29) is 0 Å². The van der Waals surface area contributed by atoms with E-state index in [4.69, 9.17) is 12.2 Å². The SMILES string of the molecule is O=C(O)c1cc2ccc(-n3c(-c4cccc(Br)c4)n[nH]c3=S)cc2s1. The number of thiophene rings is 1. The minimum absolute atomic E-state index is 0.315. The first-order chi connectivity index (χ1) is 12.0. The average molecular weight is 432 g/mol. The lowest BCUT2D eigenvalue weighted by Gasteiger charge is -2.07. The molecule has 0 aliphatic rings. The summed E-state index contributed by atoms with van der Waals surface area (Å²) in [5, 5.41) is 17.3. The highest BCUT2D eigenvalue weighted by atomic mass is 79.9. The number of rotatable bonds is 3. The largest absolute Gasteiger partial charge is 0.477 e. The first-order valence-corrected chi connectivity index (χ1v) is 9.25. The van der Waals surface area contributed by atoms with Crippen LogP contribution in [-0.4, -0.2) is 25.8 Å². The van der Waals surface area contributed by atoms with Crippen LogP contribution in [-0.2, 0) is 0 Å². The third-order valence-corrected chi connectivity index (χ3v) is 5.58. The zero-order valence-corrected chi connectivity index (χ0v) is 15.8. The van der Waals surface area contributed by atoms with Gasteiger partial charge in [-0.15, -0.1) is 11.3 Å². The highest BCUT2D eigenvalue weighted by molar-refractivity contribution is 9.10. The predicted molar refractivity (Wildman–Crippen MR) is 104 cm³/mol. The summed E-state index contributed by atoms with van der Waals surface area (Å²) in [6.07, 6.45) is 0. The lowest BCUT2D eigenvalue weighted by Crippen LogP contribution is -1.97. The number of carboxylic acids is 1. The Labute approximate surface area is 159 Å². The van der Waals surface area contributed by atoms with Crippen LogP contribution in [0, 0.1) is 4.77 Å². The Morgan fingerprint density at radius 2 is 2.08 bits per heavy atom. The second-order valence-electron chi connectivity index (χ2n) is 5.34. The van der Waals surface area contributed by atoms with Gasteiger partial charge in [0.2, 0.25) is 0 Å². The van der Waals surface area contributed by atoms with Crippen LogP contribution in [0.5, 0.6) is 0 Å². The highest BCUT2D eigenvalue weighted by Gasteiger charge is 2.13. The molecule has 25 heavy (non-hydrogen) atoms. The van der Waals surface area contributed by atoms with Crippen LogP contribution in [0.4, 0.5) is 0 Å². The van der Waals surface area contributed by atoms with E-state index in [0.717, 1.165) is 25.8 Å². The third-order valence-electron chi connectivity index (χ3n) is 3.73. The van der Waals surface area contributed by atoms with Crippen molar-refractivity contribution in [3.8, 4) is 17.1 Å². The topological polar surface area (TPSA) is 70.9 Å². The number of fused-ring (bicyclic) bond motifs is 1. The van der Waals surface area contributed by atoms with Crippen molar-refractivity contribution >= 4 is 55.5 Å². The van der Waals surface area contributed by atoms with E-state index >= 15 is 0 Å². The van der Waals surface area contributed by atoms with Gasteiger partial charge in [0.25, 0.3) is 0 Å². The molecule has 0 fully saturated rings. The van der Waals surface area contributed by atoms with E-state index in [1.807, 2.05) is 47.0 Å². The molecule has 4 rings (SSSR count). The number of aromatic carboxylic acids is 1. The number of H-pyrrole nitrogens is 1. The molecule has 8 heteroatoms. The van der Waals surface area contributed by atoms with Gasteiger partial charge in [-0.2, -0.15) is 5.10 Å². The summed E-state index contributed by atoms with van der Waals surface area (Å²) in [6, 6.07) is 15.2. The Hall–Kier alpha value is -2.29. The summed E-state index contributed by atoms with van der Waals surface area (Å²) >= 11 is 10.1. The fourth-order valence-corrected chi connectivity index (χ4v) is 4.19. The molecule has 0 amide bonds. The van der Waals surface area contributed by atoms with Crippen molar-refractivity contribution in [3.63, 3.8) is 0 Å². The van der Waals surface area contributed by atoms with Gasteiger partial charge in [-0.3, -0.25) is 9.67 Å². The van der Waals surface area contributed by atoms with Crippen molar-refractivity contribution in [3.05, 3.63) is 62.7 Å². The van der Waals surface area contributed by atoms with Crippen LogP contribution < -0.4 is 0 Å². The molecular weight excluding hydrogens is 422 g/mol. The molecule has 0 saturated carbocycles. The Balaban J connectivity index is 1.90. The Morgan fingerprint density at radius 3 is 2.84 bits per heavy atom. The second kappa shape index (κ2) is 6.21. The zero-order valence-electron chi connectivity index (χ0n) is 12.6. The first kappa shape index (κ1) is 16.2. The molecule has 2 N–H and O–H groups in total. The number of nitrogens with one attached hydrogen (secondary N) is 1. The van der Waals surface area contributed by atoms with Crippen LogP contribution in [0.2, 0.25) is 0 Å². The number of halogens is 1. The van der Waals surface area contributed by atoms with E-state index < -0.39 is 5.97 Å². The summed E-state index contributed by atoms with van der Waals surface area (Å²) in [4.78, 5) is 11.5. The molecule has 4 aromatic rings. The number of hydrogen-bond acceptors (Lipinski definition) is 4. The lowest BCUT2D eigenvalue weighted by atomic mass is 10.2. The third kappa shape index (κ3) is 2.92. The van der Waals surface area contributed by atoms with Crippen LogP contribution in [0.15, 0.2) is 53.0 Å². The Bertz CT molecular complexity index is 1180. The summed E-state index contributed by atoms with van der Waals surface area (Å²) in [5.74, 6) is -0.224. The number of aromatic nitrogens is 3. The smallest absolute Gasteiger partial charge is 0.345 e. The number of aromatic amines is 1. The molecule has 0 bridgehead atoms. The maximum atomic E-state index is 11.2. The van der Waals surface area contributed by atoms with Crippen molar-refractivity contribution in [2.45, 2.75) is 0 Å². The van der Waals surface area contributed by atoms with Gasteiger partial charge in [-0.25, -0.2) is 4.79 Å². The first-order valence-electron chi connectivity index (χ1n) is 7.23. The number of carbonyl (C=O) groups is 1. The fourth-order valence-electron chi connectivity index (χ4n) is 2.62. The quantitative estimate of drug-likeness (QED) is 0.433. The summed E-state index contributed by atoms with van der Waals surface area (Å²) in [5.41, 5.74) is 1.75. The van der Waals surface area contributed by atoms with Crippen molar-refractivity contribution in [2.75, 3.05) is 0 Å². The Morgan fingerprint density at radius 1 is 1.24 bits per heavy atom. The van der Waals surface area contributed by atoms with Gasteiger partial charge in [-0.05, 0) is 47.9 Å². The van der Waals surface area contributed by atoms with Gasteiger partial charge >= 0.3 is 5.97 Å². The highest BCUT2D eigenvalue weighted by Crippen LogP contribution is 2.30. The van der Waals surface area contributed by atoms with Crippen molar-refractivity contribution in [1.82, 2.24) is 14.8 Å². The van der Waals surface area contributed by atoms with E-state index in [1.165, 1.54) is 11.3 Å². The minimum Gasteiger partial charge on any atom is -0.477 e.